The molecule has 24 heavy (non-hydrogen) atoms. The summed E-state index contributed by atoms with van der Waals surface area (Å²) in [6, 6.07) is 7.98. The first kappa shape index (κ1) is 17.8. The van der Waals surface area contributed by atoms with Crippen LogP contribution in [0.25, 0.3) is 0 Å². The Labute approximate surface area is 136 Å². The number of anilines is 2. The van der Waals surface area contributed by atoms with Gasteiger partial charge < -0.3 is 10.6 Å². The molecule has 0 aromatic heterocycles. The average Bonchev–Trinajstić information content (AvgIpc) is 2.46. The fourth-order valence-corrected chi connectivity index (χ4v) is 2.69. The number of nitrogens with one attached hydrogen (secondary N) is 2. The van der Waals surface area contributed by atoms with Gasteiger partial charge in [-0.05, 0) is 42.5 Å². The molecule has 2 amide bonds. The van der Waals surface area contributed by atoms with Gasteiger partial charge in [0.2, 0.25) is 0 Å². The van der Waals surface area contributed by atoms with Gasteiger partial charge in [0.15, 0.2) is 0 Å². The Hall–Kier alpha value is -2.53. The van der Waals surface area contributed by atoms with Crippen LogP contribution in [-0.2, 0) is 20.4 Å². The minimum atomic E-state index is -4.90. The molecule has 0 aliphatic rings. The minimum Gasteiger partial charge on any atom is -0.308 e. The number of rotatable bonds is 4. The van der Waals surface area contributed by atoms with Crippen molar-refractivity contribution in [1.29, 1.82) is 0 Å². The lowest BCUT2D eigenvalue weighted by Gasteiger charge is -2.08. The molecule has 0 aliphatic carbocycles. The molecule has 0 saturated heterocycles. The lowest BCUT2D eigenvalue weighted by molar-refractivity contribution is 0.262. The summed E-state index contributed by atoms with van der Waals surface area (Å²) < 4.78 is 68.6. The predicted molar refractivity (Wildman–Crippen MR) is 82.1 cm³/mol. The third kappa shape index (κ3) is 4.73. The molecule has 0 spiro atoms. The van der Waals surface area contributed by atoms with Crippen molar-refractivity contribution in [3.63, 3.8) is 0 Å². The second-order valence-electron chi connectivity index (χ2n) is 4.51. The minimum absolute atomic E-state index is 0.0224. The average molecular weight is 376 g/mol. The molecule has 2 aromatic carbocycles. The molecule has 0 saturated carbocycles. The smallest absolute Gasteiger partial charge is 0.308 e. The molecule has 0 fully saturated rings. The largest absolute Gasteiger partial charge is 0.332 e. The zero-order valence-corrected chi connectivity index (χ0v) is 13.4. The van der Waals surface area contributed by atoms with Gasteiger partial charge in [-0.25, -0.2) is 4.79 Å². The number of hydrogen-bond acceptors (Lipinski definition) is 5. The van der Waals surface area contributed by atoms with Crippen LogP contribution in [0.15, 0.2) is 58.3 Å². The van der Waals surface area contributed by atoms with Crippen LogP contribution in [0, 0.1) is 0 Å². The zero-order valence-electron chi connectivity index (χ0n) is 11.7. The van der Waals surface area contributed by atoms with Gasteiger partial charge >= 0.3 is 26.5 Å². The van der Waals surface area contributed by atoms with E-state index in [1.165, 1.54) is 12.1 Å². The molecule has 0 heterocycles. The maximum Gasteiger partial charge on any atom is 0.332 e. The molecule has 2 rings (SSSR count). The van der Waals surface area contributed by atoms with E-state index in [0.717, 1.165) is 36.4 Å². The highest BCUT2D eigenvalue weighted by Crippen LogP contribution is 2.19. The summed E-state index contributed by atoms with van der Waals surface area (Å²) in [4.78, 5) is 10.6. The fourth-order valence-electron chi connectivity index (χ4n) is 1.72. The summed E-state index contributed by atoms with van der Waals surface area (Å²) in [7, 11) is -9.74. The van der Waals surface area contributed by atoms with Crippen LogP contribution in [0.1, 0.15) is 0 Å². The molecule has 0 unspecified atom stereocenters. The molecule has 11 heteroatoms. The fraction of sp³-hybridized carbons (Fsp3) is 0. The van der Waals surface area contributed by atoms with Gasteiger partial charge in [0.25, 0.3) is 0 Å². The summed E-state index contributed by atoms with van der Waals surface area (Å²) >= 11 is 0. The van der Waals surface area contributed by atoms with Gasteiger partial charge in [-0.1, -0.05) is 6.07 Å². The van der Waals surface area contributed by atoms with Crippen molar-refractivity contribution in [2.24, 2.45) is 0 Å². The van der Waals surface area contributed by atoms with Crippen molar-refractivity contribution < 1.29 is 29.4 Å². The first-order chi connectivity index (χ1) is 11.1. The Bertz CT molecular complexity index is 974. The maximum atomic E-state index is 12.9. The summed E-state index contributed by atoms with van der Waals surface area (Å²) in [5, 5.41) is 4.59. The molecular weight excluding hydrogens is 366 g/mol. The predicted octanol–water partition coefficient (Wildman–Crippen LogP) is 2.65. The van der Waals surface area contributed by atoms with E-state index in [0.29, 0.717) is 0 Å². The first-order valence-electron chi connectivity index (χ1n) is 6.23. The Morgan fingerprint density at radius 3 is 1.83 bits per heavy atom. The molecule has 7 nitrogen and oxygen atoms in total. The summed E-state index contributed by atoms with van der Waals surface area (Å²) in [5.74, 6) is 0. The lowest BCUT2D eigenvalue weighted by Crippen LogP contribution is -2.19. The van der Waals surface area contributed by atoms with Gasteiger partial charge in [-0.2, -0.15) is 16.8 Å². The van der Waals surface area contributed by atoms with E-state index >= 15 is 0 Å². The SMILES string of the molecule is O=C(Nc1ccc(S(=O)(=O)F)cc1)Nc1cccc(S(=O)(=O)F)c1. The van der Waals surface area contributed by atoms with E-state index in [1.807, 2.05) is 0 Å². The van der Waals surface area contributed by atoms with E-state index in [9.17, 15) is 29.4 Å². The molecule has 2 N–H and O–H groups in total. The highest BCUT2D eigenvalue weighted by atomic mass is 32.3. The highest BCUT2D eigenvalue weighted by Gasteiger charge is 2.14. The van der Waals surface area contributed by atoms with Crippen molar-refractivity contribution in [2.75, 3.05) is 10.6 Å². The van der Waals surface area contributed by atoms with Crippen LogP contribution in [0.5, 0.6) is 0 Å². The van der Waals surface area contributed by atoms with E-state index in [2.05, 4.69) is 10.6 Å². The normalized spacial score (nSPS) is 11.8. The number of carbonyl (C=O) groups is 1. The number of urea groups is 1. The van der Waals surface area contributed by atoms with Crippen molar-refractivity contribution in [1.82, 2.24) is 0 Å². The Kier molecular flexibility index (Phi) is 4.85. The topological polar surface area (TPSA) is 109 Å². The van der Waals surface area contributed by atoms with Crippen molar-refractivity contribution in [3.8, 4) is 0 Å². The molecule has 0 aliphatic heterocycles. The van der Waals surface area contributed by atoms with E-state index in [-0.39, 0.29) is 11.4 Å². The summed E-state index contributed by atoms with van der Waals surface area (Å²) in [5.41, 5.74) is 0.184. The van der Waals surface area contributed by atoms with E-state index in [1.54, 1.807) is 0 Å². The number of carbonyl (C=O) groups excluding carboxylic acids is 1. The lowest BCUT2D eigenvalue weighted by atomic mass is 10.3. The first-order valence-corrected chi connectivity index (χ1v) is 9.00. The van der Waals surface area contributed by atoms with Crippen molar-refractivity contribution in [3.05, 3.63) is 48.5 Å². The van der Waals surface area contributed by atoms with Crippen molar-refractivity contribution >= 4 is 37.9 Å². The van der Waals surface area contributed by atoms with Crippen LogP contribution in [-0.4, -0.2) is 22.9 Å². The third-order valence-electron chi connectivity index (χ3n) is 2.77. The van der Waals surface area contributed by atoms with Crippen LogP contribution >= 0.6 is 0 Å². The maximum absolute atomic E-state index is 12.9. The van der Waals surface area contributed by atoms with Crippen molar-refractivity contribution in [2.45, 2.75) is 9.79 Å². The van der Waals surface area contributed by atoms with Crippen LogP contribution in [0.2, 0.25) is 0 Å². The van der Waals surface area contributed by atoms with Crippen LogP contribution in [0.4, 0.5) is 23.9 Å². The Morgan fingerprint density at radius 1 is 0.750 bits per heavy atom. The second-order valence-corrected chi connectivity index (χ2v) is 7.20. The van der Waals surface area contributed by atoms with E-state index in [4.69, 9.17) is 0 Å². The van der Waals surface area contributed by atoms with E-state index < -0.39 is 36.3 Å². The Morgan fingerprint density at radius 2 is 1.29 bits per heavy atom. The van der Waals surface area contributed by atoms with Gasteiger partial charge in [0.05, 0.1) is 4.90 Å². The van der Waals surface area contributed by atoms with Crippen LogP contribution in [0.3, 0.4) is 0 Å². The molecule has 128 valence electrons. The highest BCUT2D eigenvalue weighted by molar-refractivity contribution is 7.86. The molecular formula is C13H10F2N2O5S2. The number of hydrogen-bond donors (Lipinski definition) is 2. The molecule has 2 aromatic rings. The zero-order chi connectivity index (χ0) is 18.0. The molecule has 0 atom stereocenters. The second kappa shape index (κ2) is 6.53. The van der Waals surface area contributed by atoms with Crippen LogP contribution < -0.4 is 10.6 Å². The number of halogens is 2. The third-order valence-corrected chi connectivity index (χ3v) is 4.42. The molecule has 0 radical (unpaired) electrons. The summed E-state index contributed by atoms with van der Waals surface area (Å²) in [6.07, 6.45) is 0. The molecule has 0 bridgehead atoms. The quantitative estimate of drug-likeness (QED) is 0.797. The van der Waals surface area contributed by atoms with Gasteiger partial charge in [0, 0.05) is 11.4 Å². The number of amides is 2. The monoisotopic (exact) mass is 376 g/mol. The summed E-state index contributed by atoms with van der Waals surface area (Å²) in [6.45, 7) is 0. The van der Waals surface area contributed by atoms with Gasteiger partial charge in [0.1, 0.15) is 4.90 Å². The standard InChI is InChI=1S/C13H10F2N2O5S2/c14-23(19,20)11-6-4-9(5-7-11)16-13(18)17-10-2-1-3-12(8-10)24(15,21)22/h1-8H,(H2,16,17,18). The van der Waals surface area contributed by atoms with Gasteiger partial charge in [-0.3, -0.25) is 0 Å². The van der Waals surface area contributed by atoms with Gasteiger partial charge in [-0.15, -0.1) is 7.77 Å². The Balaban J connectivity index is 2.09. The number of benzene rings is 2.